The van der Waals surface area contributed by atoms with Gasteiger partial charge in [0.25, 0.3) is 0 Å². The number of carbonyl (C=O) groups is 1. The van der Waals surface area contributed by atoms with E-state index in [1.807, 2.05) is 43.0 Å². The number of hydrogen-bond acceptors (Lipinski definition) is 3. The van der Waals surface area contributed by atoms with Gasteiger partial charge in [-0.15, -0.1) is 0 Å². The number of aryl methyl sites for hydroxylation is 1. The summed E-state index contributed by atoms with van der Waals surface area (Å²) < 4.78 is 5.62. The van der Waals surface area contributed by atoms with Gasteiger partial charge in [0.05, 0.1) is 19.1 Å². The zero-order chi connectivity index (χ0) is 13.7. The second kappa shape index (κ2) is 6.57. The highest BCUT2D eigenvalue weighted by molar-refractivity contribution is 5.76. The molecule has 1 saturated heterocycles. The average molecular weight is 262 g/mol. The highest BCUT2D eigenvalue weighted by Crippen LogP contribution is 2.13. The Bertz CT molecular complexity index is 430. The van der Waals surface area contributed by atoms with Crippen molar-refractivity contribution in [3.8, 4) is 5.75 Å². The lowest BCUT2D eigenvalue weighted by atomic mass is 10.1. The number of ether oxygens (including phenoxy) is 1. The molecule has 1 aliphatic heterocycles. The Morgan fingerprint density at radius 2 is 2.26 bits per heavy atom. The molecule has 0 radical (unpaired) electrons. The molecule has 4 heteroatoms. The van der Waals surface area contributed by atoms with E-state index in [0.717, 1.165) is 25.4 Å². The van der Waals surface area contributed by atoms with Crippen LogP contribution in [0.2, 0.25) is 0 Å². The molecule has 1 N–H and O–H groups in total. The van der Waals surface area contributed by atoms with Gasteiger partial charge in [0, 0.05) is 19.6 Å². The molecule has 1 heterocycles. The van der Waals surface area contributed by atoms with Crippen LogP contribution in [0.15, 0.2) is 24.3 Å². The van der Waals surface area contributed by atoms with E-state index in [-0.39, 0.29) is 5.91 Å². The van der Waals surface area contributed by atoms with E-state index in [2.05, 4.69) is 5.32 Å². The third kappa shape index (κ3) is 3.70. The van der Waals surface area contributed by atoms with Crippen molar-refractivity contribution in [2.45, 2.75) is 26.3 Å². The van der Waals surface area contributed by atoms with E-state index in [1.165, 1.54) is 5.56 Å². The first-order valence-corrected chi connectivity index (χ1v) is 6.90. The quantitative estimate of drug-likeness (QED) is 0.846. The predicted molar refractivity (Wildman–Crippen MR) is 75.3 cm³/mol. The van der Waals surface area contributed by atoms with Gasteiger partial charge in [-0.2, -0.15) is 0 Å². The lowest BCUT2D eigenvalue weighted by molar-refractivity contribution is -0.134. The van der Waals surface area contributed by atoms with Crippen LogP contribution in [-0.4, -0.2) is 43.1 Å². The SMILES string of the molecule is CCN(C(=O)CCOc1cccc(C)c1)C1CNC1. The van der Waals surface area contributed by atoms with Crippen molar-refractivity contribution < 1.29 is 9.53 Å². The standard InChI is InChI=1S/C15H22N2O2/c1-3-17(13-10-16-11-13)15(18)7-8-19-14-6-4-5-12(2)9-14/h4-6,9,13,16H,3,7-8,10-11H2,1-2H3. The van der Waals surface area contributed by atoms with Crippen molar-refractivity contribution in [1.29, 1.82) is 0 Å². The minimum absolute atomic E-state index is 0.182. The van der Waals surface area contributed by atoms with Gasteiger partial charge in [0.1, 0.15) is 5.75 Å². The monoisotopic (exact) mass is 262 g/mol. The van der Waals surface area contributed by atoms with Crippen molar-refractivity contribution in [1.82, 2.24) is 10.2 Å². The largest absolute Gasteiger partial charge is 0.493 e. The molecule has 1 aromatic rings. The molecule has 0 unspecified atom stereocenters. The van der Waals surface area contributed by atoms with Gasteiger partial charge < -0.3 is 15.0 Å². The van der Waals surface area contributed by atoms with Gasteiger partial charge in [-0.25, -0.2) is 0 Å². The Kier molecular flexibility index (Phi) is 4.80. The zero-order valence-electron chi connectivity index (χ0n) is 11.7. The van der Waals surface area contributed by atoms with Crippen molar-refractivity contribution in [2.75, 3.05) is 26.2 Å². The molecule has 0 atom stereocenters. The van der Waals surface area contributed by atoms with Crippen molar-refractivity contribution in [3.05, 3.63) is 29.8 Å². The predicted octanol–water partition coefficient (Wildman–Crippen LogP) is 1.58. The average Bonchev–Trinajstić information content (AvgIpc) is 2.33. The van der Waals surface area contributed by atoms with E-state index >= 15 is 0 Å². The summed E-state index contributed by atoms with van der Waals surface area (Å²) in [5.74, 6) is 1.02. The fraction of sp³-hybridized carbons (Fsp3) is 0.533. The van der Waals surface area contributed by atoms with E-state index in [9.17, 15) is 4.79 Å². The summed E-state index contributed by atoms with van der Waals surface area (Å²) in [5, 5.41) is 3.19. The molecule has 1 fully saturated rings. The second-order valence-corrected chi connectivity index (χ2v) is 4.91. The third-order valence-electron chi connectivity index (χ3n) is 3.44. The maximum Gasteiger partial charge on any atom is 0.226 e. The maximum atomic E-state index is 12.1. The fourth-order valence-electron chi connectivity index (χ4n) is 2.24. The second-order valence-electron chi connectivity index (χ2n) is 4.91. The number of benzene rings is 1. The minimum atomic E-state index is 0.182. The summed E-state index contributed by atoms with van der Waals surface area (Å²) in [6, 6.07) is 8.27. The molecule has 0 aromatic heterocycles. The lowest BCUT2D eigenvalue weighted by Gasteiger charge is -2.37. The number of hydrogen-bond donors (Lipinski definition) is 1. The third-order valence-corrected chi connectivity index (χ3v) is 3.44. The minimum Gasteiger partial charge on any atom is -0.493 e. The Hall–Kier alpha value is -1.55. The van der Waals surface area contributed by atoms with Crippen LogP contribution in [0.1, 0.15) is 18.9 Å². The van der Waals surface area contributed by atoms with Crippen LogP contribution in [0.25, 0.3) is 0 Å². The molecule has 0 bridgehead atoms. The summed E-state index contributed by atoms with van der Waals surface area (Å²) in [6.07, 6.45) is 0.443. The van der Waals surface area contributed by atoms with E-state index in [4.69, 9.17) is 4.74 Å². The first kappa shape index (κ1) is 13.9. The van der Waals surface area contributed by atoms with Gasteiger partial charge in [-0.05, 0) is 31.5 Å². The van der Waals surface area contributed by atoms with Crippen LogP contribution in [0.5, 0.6) is 5.75 Å². The van der Waals surface area contributed by atoms with Crippen LogP contribution >= 0.6 is 0 Å². The lowest BCUT2D eigenvalue weighted by Crippen LogP contribution is -2.58. The first-order valence-electron chi connectivity index (χ1n) is 6.90. The van der Waals surface area contributed by atoms with E-state index in [1.54, 1.807) is 0 Å². The Morgan fingerprint density at radius 1 is 1.47 bits per heavy atom. The molecule has 0 aliphatic carbocycles. The maximum absolute atomic E-state index is 12.1. The molecule has 104 valence electrons. The molecule has 0 saturated carbocycles. The topological polar surface area (TPSA) is 41.6 Å². The molecule has 19 heavy (non-hydrogen) atoms. The molecule has 2 rings (SSSR count). The fourth-order valence-corrected chi connectivity index (χ4v) is 2.24. The molecule has 0 spiro atoms. The van der Waals surface area contributed by atoms with Crippen LogP contribution in [-0.2, 0) is 4.79 Å². The summed E-state index contributed by atoms with van der Waals surface area (Å²) in [4.78, 5) is 14.0. The van der Waals surface area contributed by atoms with Gasteiger partial charge in [0.2, 0.25) is 5.91 Å². The van der Waals surface area contributed by atoms with Crippen LogP contribution in [0.4, 0.5) is 0 Å². The zero-order valence-corrected chi connectivity index (χ0v) is 11.7. The van der Waals surface area contributed by atoms with Crippen LogP contribution in [0.3, 0.4) is 0 Å². The van der Waals surface area contributed by atoms with Gasteiger partial charge in [-0.3, -0.25) is 4.79 Å². The van der Waals surface area contributed by atoms with Crippen LogP contribution in [0, 0.1) is 6.92 Å². The smallest absolute Gasteiger partial charge is 0.226 e. The number of nitrogens with zero attached hydrogens (tertiary/aromatic N) is 1. The van der Waals surface area contributed by atoms with E-state index in [0.29, 0.717) is 19.1 Å². The van der Waals surface area contributed by atoms with Crippen LogP contribution < -0.4 is 10.1 Å². The highest BCUT2D eigenvalue weighted by atomic mass is 16.5. The summed E-state index contributed by atoms with van der Waals surface area (Å²) in [6.45, 7) is 7.10. The van der Waals surface area contributed by atoms with Crippen molar-refractivity contribution in [2.24, 2.45) is 0 Å². The molecule has 1 amide bonds. The molecular weight excluding hydrogens is 240 g/mol. The van der Waals surface area contributed by atoms with Gasteiger partial charge in [-0.1, -0.05) is 12.1 Å². The first-order chi connectivity index (χ1) is 9.20. The normalized spacial score (nSPS) is 14.8. The van der Waals surface area contributed by atoms with Gasteiger partial charge >= 0.3 is 0 Å². The highest BCUT2D eigenvalue weighted by Gasteiger charge is 2.26. The summed E-state index contributed by atoms with van der Waals surface area (Å²) >= 11 is 0. The number of rotatable bonds is 6. The molecular formula is C15H22N2O2. The van der Waals surface area contributed by atoms with Gasteiger partial charge in [0.15, 0.2) is 0 Å². The number of amides is 1. The summed E-state index contributed by atoms with van der Waals surface area (Å²) in [7, 11) is 0. The Balaban J connectivity index is 1.76. The number of nitrogens with one attached hydrogen (secondary N) is 1. The van der Waals surface area contributed by atoms with Crippen molar-refractivity contribution in [3.63, 3.8) is 0 Å². The summed E-state index contributed by atoms with van der Waals surface area (Å²) in [5.41, 5.74) is 1.17. The molecule has 4 nitrogen and oxygen atoms in total. The molecule has 1 aliphatic rings. The number of likely N-dealkylation sites (N-methyl/N-ethyl adjacent to an activating group) is 1. The number of carbonyl (C=O) groups excluding carboxylic acids is 1. The Morgan fingerprint density at radius 3 is 2.84 bits per heavy atom. The van der Waals surface area contributed by atoms with Crippen molar-refractivity contribution >= 4 is 5.91 Å². The Labute approximate surface area is 114 Å². The van der Waals surface area contributed by atoms with E-state index < -0.39 is 0 Å². The molecule has 1 aromatic carbocycles.